The van der Waals surface area contributed by atoms with Crippen LogP contribution in [0.2, 0.25) is 5.02 Å². The molecule has 0 aromatic heterocycles. The topological polar surface area (TPSA) is 130 Å². The Labute approximate surface area is 258 Å². The number of nitrogens with zero attached hydrogens (tertiary/aromatic N) is 1. The Hall–Kier alpha value is -2.59. The zero-order valence-electron chi connectivity index (χ0n) is 24.3. The third kappa shape index (κ3) is 6.32. The number of carboxylic acid groups (broad SMARTS) is 1. The number of halogens is 1. The summed E-state index contributed by atoms with van der Waals surface area (Å²) < 4.78 is 30.2. The van der Waals surface area contributed by atoms with Gasteiger partial charge in [0.15, 0.2) is 0 Å². The molecule has 232 valence electrons. The molecular weight excluding hydrogens is 588 g/mol. The van der Waals surface area contributed by atoms with Crippen molar-refractivity contribution in [1.82, 2.24) is 0 Å². The van der Waals surface area contributed by atoms with E-state index in [9.17, 15) is 23.4 Å². The van der Waals surface area contributed by atoms with Gasteiger partial charge in [0.1, 0.15) is 5.75 Å². The van der Waals surface area contributed by atoms with E-state index in [1.54, 1.807) is 18.2 Å². The number of ether oxygens (including phenoxy) is 1. The predicted molar refractivity (Wildman–Crippen MR) is 167 cm³/mol. The van der Waals surface area contributed by atoms with Gasteiger partial charge in [0.2, 0.25) is 10.0 Å². The van der Waals surface area contributed by atoms with Crippen molar-refractivity contribution in [3.05, 3.63) is 70.3 Å². The van der Waals surface area contributed by atoms with Crippen molar-refractivity contribution >= 4 is 33.3 Å². The second-order valence-corrected chi connectivity index (χ2v) is 15.4. The maximum absolute atomic E-state index is 11.9. The number of sulfonamides is 1. The lowest BCUT2D eigenvalue weighted by Crippen LogP contribution is -2.49. The minimum absolute atomic E-state index is 0.0672. The molecule has 2 aromatic rings. The molecule has 1 heterocycles. The number of primary sulfonamides is 1. The quantitative estimate of drug-likeness (QED) is 0.355. The fraction of sp³-hybridized carbons (Fsp3) is 0.545. The fourth-order valence-electron chi connectivity index (χ4n) is 7.87. The van der Waals surface area contributed by atoms with Gasteiger partial charge in [-0.15, -0.1) is 0 Å². The Morgan fingerprint density at radius 2 is 2.00 bits per heavy atom. The number of rotatable bonds is 7. The number of fused-ring (bicyclic) bond motifs is 3. The number of benzene rings is 2. The Bertz CT molecular complexity index is 1510. The Balaban J connectivity index is 1.24. The molecule has 6 rings (SSSR count). The van der Waals surface area contributed by atoms with E-state index in [1.165, 1.54) is 11.1 Å². The maximum atomic E-state index is 11.9. The minimum Gasteiger partial charge on any atom is -0.490 e. The number of aliphatic hydroxyl groups excluding tert-OH is 1. The van der Waals surface area contributed by atoms with E-state index in [2.05, 4.69) is 17.0 Å². The number of carbonyl (C=O) groups is 1. The third-order valence-electron chi connectivity index (χ3n) is 10.4. The molecule has 2 aromatic carbocycles. The van der Waals surface area contributed by atoms with E-state index in [-0.39, 0.29) is 28.7 Å². The first-order chi connectivity index (χ1) is 20.5. The lowest BCUT2D eigenvalue weighted by Gasteiger charge is -2.45. The smallest absolute Gasteiger partial charge is 0.335 e. The Morgan fingerprint density at radius 1 is 1.16 bits per heavy atom. The fourth-order valence-corrected chi connectivity index (χ4v) is 9.07. The van der Waals surface area contributed by atoms with Gasteiger partial charge in [-0.1, -0.05) is 36.2 Å². The lowest BCUT2D eigenvalue weighted by atomic mass is 9.68. The number of allylic oxidation sites excluding steroid dienone is 1. The van der Waals surface area contributed by atoms with E-state index >= 15 is 0 Å². The molecule has 0 unspecified atom stereocenters. The summed E-state index contributed by atoms with van der Waals surface area (Å²) in [6.45, 7) is 1.86. The molecule has 2 fully saturated rings. The predicted octanol–water partition coefficient (Wildman–Crippen LogP) is 5.30. The molecule has 1 aliphatic heterocycles. The molecule has 1 spiro atoms. The number of nitrogens with two attached hydrogens (primary N) is 1. The highest BCUT2D eigenvalue weighted by Crippen LogP contribution is 2.46. The van der Waals surface area contributed by atoms with Crippen LogP contribution in [0.5, 0.6) is 5.75 Å². The molecule has 0 amide bonds. The van der Waals surface area contributed by atoms with Gasteiger partial charge < -0.3 is 19.8 Å². The number of aryl methyl sites for hydroxylation is 1. The number of anilines is 1. The molecule has 3 aliphatic carbocycles. The maximum Gasteiger partial charge on any atom is 0.335 e. The zero-order chi connectivity index (χ0) is 30.4. The molecule has 10 heteroatoms. The van der Waals surface area contributed by atoms with Crippen LogP contribution in [0.4, 0.5) is 5.69 Å². The van der Waals surface area contributed by atoms with Crippen LogP contribution >= 0.6 is 11.6 Å². The first kappa shape index (κ1) is 30.4. The normalized spacial score (nSPS) is 29.7. The standard InChI is InChI=1S/C33H41ClN2O6S/c34-25-9-11-28-22(16-25)4-2-14-33(28)19-36(29-17-23(32(38)39)8-13-31(29)42-20-33)18-24-7-10-27(24)30(37)12-6-21-3-1-5-26(15-21)43(35,40)41/h6,8-9,11-13,16-17,21,24,26-27,30,37H,1-5,7,10,14-15,18-20H2,(H,38,39)(H2,35,40,41)/b12-6+/t21-,24+,26+,27-,30+,33+/m1/s1. The highest BCUT2D eigenvalue weighted by molar-refractivity contribution is 7.89. The Kier molecular flexibility index (Phi) is 8.54. The summed E-state index contributed by atoms with van der Waals surface area (Å²) in [5.74, 6) is 0.0781. The Morgan fingerprint density at radius 3 is 2.74 bits per heavy atom. The molecule has 4 N–H and O–H groups in total. The van der Waals surface area contributed by atoms with Crippen molar-refractivity contribution in [2.24, 2.45) is 22.9 Å². The van der Waals surface area contributed by atoms with Gasteiger partial charge in [0, 0.05) is 23.5 Å². The van der Waals surface area contributed by atoms with Gasteiger partial charge in [-0.05, 0) is 111 Å². The zero-order valence-corrected chi connectivity index (χ0v) is 25.9. The van der Waals surface area contributed by atoms with Gasteiger partial charge in [0.05, 0.1) is 29.2 Å². The van der Waals surface area contributed by atoms with Crippen LogP contribution < -0.4 is 14.8 Å². The third-order valence-corrected chi connectivity index (χ3v) is 12.0. The first-order valence-electron chi connectivity index (χ1n) is 15.4. The average Bonchev–Trinajstić information content (AvgIpc) is 3.10. The lowest BCUT2D eigenvalue weighted by molar-refractivity contribution is 0.0453. The molecule has 0 saturated heterocycles. The van der Waals surface area contributed by atoms with Gasteiger partial charge in [-0.25, -0.2) is 18.4 Å². The summed E-state index contributed by atoms with van der Waals surface area (Å²) in [6, 6.07) is 11.2. The van der Waals surface area contributed by atoms with Crippen molar-refractivity contribution in [2.75, 3.05) is 24.6 Å². The van der Waals surface area contributed by atoms with Crippen LogP contribution in [-0.4, -0.2) is 55.7 Å². The summed E-state index contributed by atoms with van der Waals surface area (Å²) >= 11 is 6.37. The largest absolute Gasteiger partial charge is 0.490 e. The summed E-state index contributed by atoms with van der Waals surface area (Å²) in [6.07, 6.45) is 10.8. The number of hydrogen-bond acceptors (Lipinski definition) is 6. The van der Waals surface area contributed by atoms with Gasteiger partial charge in [-0.2, -0.15) is 0 Å². The van der Waals surface area contributed by atoms with Crippen LogP contribution in [0.25, 0.3) is 0 Å². The van der Waals surface area contributed by atoms with Gasteiger partial charge in [0.25, 0.3) is 0 Å². The van der Waals surface area contributed by atoms with Crippen molar-refractivity contribution in [3.8, 4) is 5.75 Å². The first-order valence-corrected chi connectivity index (χ1v) is 17.4. The van der Waals surface area contributed by atoms with Crippen molar-refractivity contribution < 1.29 is 28.2 Å². The monoisotopic (exact) mass is 628 g/mol. The van der Waals surface area contributed by atoms with E-state index in [0.29, 0.717) is 38.3 Å². The second-order valence-electron chi connectivity index (χ2n) is 13.1. The van der Waals surface area contributed by atoms with Gasteiger partial charge in [-0.3, -0.25) is 0 Å². The van der Waals surface area contributed by atoms with Crippen LogP contribution in [0.3, 0.4) is 0 Å². The number of carboxylic acids is 1. The average molecular weight is 629 g/mol. The molecule has 0 radical (unpaired) electrons. The van der Waals surface area contributed by atoms with Gasteiger partial charge >= 0.3 is 5.97 Å². The number of aliphatic hydroxyl groups is 1. The van der Waals surface area contributed by atoms with Crippen molar-refractivity contribution in [2.45, 2.75) is 74.6 Å². The number of aromatic carboxylic acids is 1. The molecule has 8 nitrogen and oxygen atoms in total. The highest BCUT2D eigenvalue weighted by Gasteiger charge is 2.44. The van der Waals surface area contributed by atoms with Crippen molar-refractivity contribution in [3.63, 3.8) is 0 Å². The highest BCUT2D eigenvalue weighted by atomic mass is 35.5. The van der Waals surface area contributed by atoms with Crippen LogP contribution in [0.15, 0.2) is 48.6 Å². The minimum atomic E-state index is -3.56. The van der Waals surface area contributed by atoms with Crippen LogP contribution in [0.1, 0.15) is 72.9 Å². The number of hydrogen-bond donors (Lipinski definition) is 3. The molecule has 2 saturated carbocycles. The summed E-state index contributed by atoms with van der Waals surface area (Å²) in [7, 11) is -3.56. The van der Waals surface area contributed by atoms with Crippen molar-refractivity contribution in [1.29, 1.82) is 0 Å². The molecule has 4 aliphatic rings. The van der Waals surface area contributed by atoms with Crippen LogP contribution in [0, 0.1) is 17.8 Å². The SMILES string of the molecule is NS(=O)(=O)[C@H]1CCC[C@H](/C=C/[C@H](O)[C@@H]2CC[C@H]2CN2C[C@@]3(CCCc4cc(Cl)ccc43)COc3ccc(C(=O)O)cc32)C1. The summed E-state index contributed by atoms with van der Waals surface area (Å²) in [5.41, 5.74) is 3.23. The van der Waals surface area contributed by atoms with E-state index < -0.39 is 27.3 Å². The summed E-state index contributed by atoms with van der Waals surface area (Å²) in [5, 5.41) is 26.6. The summed E-state index contributed by atoms with van der Waals surface area (Å²) in [4.78, 5) is 14.2. The second kappa shape index (κ2) is 12.1. The molecular formula is C33H41ClN2O6S. The van der Waals surface area contributed by atoms with E-state index in [4.69, 9.17) is 21.5 Å². The van der Waals surface area contributed by atoms with Crippen LogP contribution in [-0.2, 0) is 21.9 Å². The molecule has 6 atom stereocenters. The molecule has 0 bridgehead atoms. The van der Waals surface area contributed by atoms with E-state index in [0.717, 1.165) is 55.7 Å². The van der Waals surface area contributed by atoms with E-state index in [1.807, 2.05) is 18.2 Å². The molecule has 43 heavy (non-hydrogen) atoms.